The molecule has 0 fully saturated rings. The number of aryl methyl sites for hydroxylation is 1. The van der Waals surface area contributed by atoms with E-state index >= 15 is 0 Å². The van der Waals surface area contributed by atoms with Crippen molar-refractivity contribution < 1.29 is 23.8 Å². The van der Waals surface area contributed by atoms with Crippen LogP contribution >= 0.6 is 0 Å². The lowest BCUT2D eigenvalue weighted by atomic mass is 10.1. The molecule has 0 saturated heterocycles. The van der Waals surface area contributed by atoms with Gasteiger partial charge in [0.25, 0.3) is 11.8 Å². The van der Waals surface area contributed by atoms with Gasteiger partial charge in [-0.3, -0.25) is 9.59 Å². The molecule has 0 aromatic heterocycles. The molecule has 0 atom stereocenters. The summed E-state index contributed by atoms with van der Waals surface area (Å²) in [5, 5.41) is 6.81. The number of anilines is 1. The van der Waals surface area contributed by atoms with Crippen LogP contribution in [0.5, 0.6) is 17.2 Å². The molecular formula is C25H25N3O5. The third-order valence-corrected chi connectivity index (χ3v) is 4.75. The molecular weight excluding hydrogens is 422 g/mol. The monoisotopic (exact) mass is 447 g/mol. The molecule has 0 saturated carbocycles. The van der Waals surface area contributed by atoms with E-state index in [4.69, 9.17) is 14.2 Å². The summed E-state index contributed by atoms with van der Waals surface area (Å²) < 4.78 is 15.9. The SMILES string of the molecule is COc1cc(/C=N/NC(=O)c2ccc(NC(=O)c3cccc(C)c3)cc2)cc(OC)c1OC. The molecule has 0 spiro atoms. The Balaban J connectivity index is 1.63. The number of hydrazone groups is 1. The van der Waals surface area contributed by atoms with E-state index in [1.165, 1.54) is 27.5 Å². The third kappa shape index (κ3) is 5.88. The van der Waals surface area contributed by atoms with E-state index in [-0.39, 0.29) is 5.91 Å². The lowest BCUT2D eigenvalue weighted by molar-refractivity contribution is 0.0954. The minimum Gasteiger partial charge on any atom is -0.493 e. The number of methoxy groups -OCH3 is 3. The minimum atomic E-state index is -0.393. The van der Waals surface area contributed by atoms with Gasteiger partial charge < -0.3 is 19.5 Å². The first-order chi connectivity index (χ1) is 15.9. The van der Waals surface area contributed by atoms with Crippen LogP contribution in [0.15, 0.2) is 65.8 Å². The number of ether oxygens (including phenoxy) is 3. The molecule has 3 aromatic carbocycles. The zero-order chi connectivity index (χ0) is 23.8. The number of hydrogen-bond acceptors (Lipinski definition) is 6. The van der Waals surface area contributed by atoms with Gasteiger partial charge in [-0.1, -0.05) is 17.7 Å². The summed E-state index contributed by atoms with van der Waals surface area (Å²) in [5.41, 5.74) is 5.67. The Morgan fingerprint density at radius 2 is 1.48 bits per heavy atom. The van der Waals surface area contributed by atoms with Gasteiger partial charge in [-0.05, 0) is 55.5 Å². The van der Waals surface area contributed by atoms with Crippen molar-refractivity contribution >= 4 is 23.7 Å². The van der Waals surface area contributed by atoms with Gasteiger partial charge in [-0.2, -0.15) is 5.10 Å². The Hall–Kier alpha value is -4.33. The normalized spacial score (nSPS) is 10.5. The van der Waals surface area contributed by atoms with Crippen LogP contribution in [-0.2, 0) is 0 Å². The van der Waals surface area contributed by atoms with Crippen LogP contribution in [0.4, 0.5) is 5.69 Å². The fourth-order valence-electron chi connectivity index (χ4n) is 3.10. The zero-order valence-corrected chi connectivity index (χ0v) is 18.8. The number of rotatable bonds is 8. The minimum absolute atomic E-state index is 0.217. The summed E-state index contributed by atoms with van der Waals surface area (Å²) >= 11 is 0. The van der Waals surface area contributed by atoms with Gasteiger partial charge in [0.05, 0.1) is 27.5 Å². The number of nitrogens with one attached hydrogen (secondary N) is 2. The predicted molar refractivity (Wildman–Crippen MR) is 127 cm³/mol. The molecule has 3 rings (SSSR count). The number of carbonyl (C=O) groups is 2. The highest BCUT2D eigenvalue weighted by Crippen LogP contribution is 2.37. The van der Waals surface area contributed by atoms with E-state index in [1.807, 2.05) is 25.1 Å². The van der Waals surface area contributed by atoms with Crippen molar-refractivity contribution in [2.24, 2.45) is 5.10 Å². The van der Waals surface area contributed by atoms with Crippen molar-refractivity contribution in [1.82, 2.24) is 5.43 Å². The van der Waals surface area contributed by atoms with Crippen LogP contribution in [0.2, 0.25) is 0 Å². The largest absolute Gasteiger partial charge is 0.493 e. The lowest BCUT2D eigenvalue weighted by Crippen LogP contribution is -2.18. The molecule has 2 amide bonds. The van der Waals surface area contributed by atoms with E-state index < -0.39 is 5.91 Å². The van der Waals surface area contributed by atoms with Crippen molar-refractivity contribution in [3.63, 3.8) is 0 Å². The molecule has 0 unspecified atom stereocenters. The van der Waals surface area contributed by atoms with Crippen LogP contribution < -0.4 is 25.0 Å². The summed E-state index contributed by atoms with van der Waals surface area (Å²) in [6.45, 7) is 1.92. The quantitative estimate of drug-likeness (QED) is 0.401. The number of carbonyl (C=O) groups excluding carboxylic acids is 2. The maximum absolute atomic E-state index is 12.4. The first kappa shape index (κ1) is 23.3. The Labute approximate surface area is 192 Å². The molecule has 3 aromatic rings. The van der Waals surface area contributed by atoms with E-state index in [0.717, 1.165) is 5.56 Å². The molecule has 0 aliphatic carbocycles. The Bertz CT molecular complexity index is 1150. The molecule has 8 nitrogen and oxygen atoms in total. The highest BCUT2D eigenvalue weighted by molar-refractivity contribution is 6.04. The second-order valence-electron chi connectivity index (χ2n) is 7.06. The van der Waals surface area contributed by atoms with Gasteiger partial charge in [-0.15, -0.1) is 0 Å². The molecule has 0 aliphatic heterocycles. The molecule has 0 aliphatic rings. The third-order valence-electron chi connectivity index (χ3n) is 4.75. The molecule has 8 heteroatoms. The first-order valence-corrected chi connectivity index (χ1v) is 10.1. The van der Waals surface area contributed by atoms with Crippen LogP contribution in [0.1, 0.15) is 31.8 Å². The summed E-state index contributed by atoms with van der Waals surface area (Å²) in [6.07, 6.45) is 1.47. The smallest absolute Gasteiger partial charge is 0.271 e. The molecule has 0 heterocycles. The van der Waals surface area contributed by atoms with Crippen LogP contribution in [-0.4, -0.2) is 39.4 Å². The number of amides is 2. The van der Waals surface area contributed by atoms with Gasteiger partial charge in [0.1, 0.15) is 0 Å². The van der Waals surface area contributed by atoms with Gasteiger partial charge >= 0.3 is 0 Å². The van der Waals surface area contributed by atoms with Gasteiger partial charge in [-0.25, -0.2) is 5.43 Å². The average Bonchev–Trinajstić information content (AvgIpc) is 2.83. The standard InChI is InChI=1S/C25H25N3O5/c1-16-6-5-7-19(12-16)24(29)27-20-10-8-18(9-11-20)25(30)28-26-15-17-13-21(31-2)23(33-4)22(14-17)32-3/h5-15H,1-4H3,(H,27,29)(H,28,30)/b26-15+. The van der Waals surface area contributed by atoms with Gasteiger partial charge in [0.15, 0.2) is 11.5 Å². The van der Waals surface area contributed by atoms with E-state index in [1.54, 1.807) is 42.5 Å². The highest BCUT2D eigenvalue weighted by atomic mass is 16.5. The van der Waals surface area contributed by atoms with Crippen molar-refractivity contribution in [3.05, 3.63) is 82.9 Å². The predicted octanol–water partition coefficient (Wildman–Crippen LogP) is 4.04. The summed E-state index contributed by atoms with van der Waals surface area (Å²) in [6, 6.07) is 17.3. The Morgan fingerprint density at radius 1 is 0.818 bits per heavy atom. The van der Waals surface area contributed by atoms with Crippen molar-refractivity contribution in [2.45, 2.75) is 6.92 Å². The summed E-state index contributed by atoms with van der Waals surface area (Å²) in [7, 11) is 4.56. The summed E-state index contributed by atoms with van der Waals surface area (Å²) in [5.74, 6) is 0.817. The second-order valence-corrected chi connectivity index (χ2v) is 7.06. The van der Waals surface area contributed by atoms with Crippen LogP contribution in [0.3, 0.4) is 0 Å². The first-order valence-electron chi connectivity index (χ1n) is 10.1. The fourth-order valence-corrected chi connectivity index (χ4v) is 3.10. The van der Waals surface area contributed by atoms with Crippen molar-refractivity contribution in [2.75, 3.05) is 26.6 Å². The van der Waals surface area contributed by atoms with Crippen molar-refractivity contribution in [3.8, 4) is 17.2 Å². The van der Waals surface area contributed by atoms with Gasteiger partial charge in [0.2, 0.25) is 5.75 Å². The Morgan fingerprint density at radius 3 is 2.06 bits per heavy atom. The topological polar surface area (TPSA) is 98.2 Å². The maximum atomic E-state index is 12.4. The molecule has 0 bridgehead atoms. The number of benzene rings is 3. The molecule has 0 radical (unpaired) electrons. The highest BCUT2D eigenvalue weighted by Gasteiger charge is 2.12. The van der Waals surface area contributed by atoms with Crippen molar-refractivity contribution in [1.29, 1.82) is 0 Å². The lowest BCUT2D eigenvalue weighted by Gasteiger charge is -2.12. The molecule has 2 N–H and O–H groups in total. The van der Waals surface area contributed by atoms with E-state index in [0.29, 0.717) is 39.6 Å². The van der Waals surface area contributed by atoms with E-state index in [9.17, 15) is 9.59 Å². The Kier molecular flexibility index (Phi) is 7.64. The fraction of sp³-hybridized carbons (Fsp3) is 0.160. The molecule has 33 heavy (non-hydrogen) atoms. The maximum Gasteiger partial charge on any atom is 0.271 e. The number of nitrogens with zero attached hydrogens (tertiary/aromatic N) is 1. The summed E-state index contributed by atoms with van der Waals surface area (Å²) in [4.78, 5) is 24.8. The zero-order valence-electron chi connectivity index (χ0n) is 18.8. The van der Waals surface area contributed by atoms with Crippen LogP contribution in [0.25, 0.3) is 0 Å². The van der Waals surface area contributed by atoms with Crippen LogP contribution in [0, 0.1) is 6.92 Å². The van der Waals surface area contributed by atoms with Gasteiger partial charge in [0, 0.05) is 22.4 Å². The second kappa shape index (κ2) is 10.8. The molecule has 170 valence electrons. The number of hydrogen-bond donors (Lipinski definition) is 2. The average molecular weight is 447 g/mol. The van der Waals surface area contributed by atoms with E-state index in [2.05, 4.69) is 15.8 Å².